The zero-order valence-corrected chi connectivity index (χ0v) is 18.2. The average Bonchev–Trinajstić information content (AvgIpc) is 3.20. The summed E-state index contributed by atoms with van der Waals surface area (Å²) >= 11 is 0. The van der Waals surface area contributed by atoms with Crippen molar-refractivity contribution >= 4 is 11.9 Å². The molecule has 10 nitrogen and oxygen atoms in total. The summed E-state index contributed by atoms with van der Waals surface area (Å²) < 4.78 is 16.4. The van der Waals surface area contributed by atoms with Crippen molar-refractivity contribution in [2.45, 2.75) is 38.0 Å². The van der Waals surface area contributed by atoms with Crippen molar-refractivity contribution in [3.63, 3.8) is 0 Å². The maximum absolute atomic E-state index is 12.2. The van der Waals surface area contributed by atoms with E-state index in [4.69, 9.17) is 14.2 Å². The Kier molecular flexibility index (Phi) is 6.54. The number of rotatable bonds is 8. The molecule has 33 heavy (non-hydrogen) atoms. The first-order chi connectivity index (χ1) is 16.2. The predicted octanol–water partition coefficient (Wildman–Crippen LogP) is 2.32. The Bertz CT molecular complexity index is 1050. The van der Waals surface area contributed by atoms with Gasteiger partial charge in [-0.15, -0.1) is 0 Å². The predicted molar refractivity (Wildman–Crippen MR) is 120 cm³/mol. The number of nitrogens with zero attached hydrogens (tertiary/aromatic N) is 5. The third-order valence-electron chi connectivity index (χ3n) is 5.60. The number of cyclic esters (lactones) is 1. The lowest BCUT2D eigenvalue weighted by Gasteiger charge is -2.26. The van der Waals surface area contributed by atoms with Gasteiger partial charge < -0.3 is 19.5 Å². The quantitative estimate of drug-likeness (QED) is 0.610. The number of aromatic nitrogens is 3. The number of carbonyl (C=O) groups is 1. The Morgan fingerprint density at radius 2 is 2.12 bits per heavy atom. The number of nitrogens with one attached hydrogen (secondary N) is 1. The lowest BCUT2D eigenvalue weighted by atomic mass is 10.2. The summed E-state index contributed by atoms with van der Waals surface area (Å²) in [4.78, 5) is 31.4. The first-order valence-corrected chi connectivity index (χ1v) is 11.2. The minimum absolute atomic E-state index is 0.0589. The molecule has 10 heteroatoms. The van der Waals surface area contributed by atoms with Gasteiger partial charge in [0.2, 0.25) is 5.88 Å². The van der Waals surface area contributed by atoms with Gasteiger partial charge in [0.1, 0.15) is 18.0 Å². The lowest BCUT2D eigenvalue weighted by Crippen LogP contribution is -2.38. The van der Waals surface area contributed by atoms with Crippen LogP contribution in [-0.2, 0) is 16.0 Å². The van der Waals surface area contributed by atoms with Gasteiger partial charge in [0, 0.05) is 43.2 Å². The van der Waals surface area contributed by atoms with E-state index >= 15 is 0 Å². The fourth-order valence-corrected chi connectivity index (χ4v) is 3.77. The van der Waals surface area contributed by atoms with Crippen LogP contribution in [0.15, 0.2) is 47.9 Å². The van der Waals surface area contributed by atoms with Crippen LogP contribution >= 0.6 is 0 Å². The number of hydrogen-bond donors (Lipinski definition) is 1. The molecule has 2 saturated heterocycles. The minimum atomic E-state index is -0.306. The second-order valence-corrected chi connectivity index (χ2v) is 8.08. The van der Waals surface area contributed by atoms with Gasteiger partial charge in [-0.3, -0.25) is 9.88 Å². The van der Waals surface area contributed by atoms with Gasteiger partial charge in [0.05, 0.1) is 25.5 Å². The second kappa shape index (κ2) is 10.1. The smallest absolute Gasteiger partial charge is 0.415 e. The van der Waals surface area contributed by atoms with Crippen LogP contribution in [0.25, 0.3) is 11.4 Å². The molecule has 0 aromatic carbocycles. The lowest BCUT2D eigenvalue weighted by molar-refractivity contribution is -0.0813. The largest absolute Gasteiger partial charge is 0.469 e. The third kappa shape index (κ3) is 5.35. The molecule has 2 fully saturated rings. The number of hydrogen-bond acceptors (Lipinski definition) is 9. The SMILES string of the molecule is O=C1O[C@H](CCNCc2cc(-c3nccc(OC4COC4)n3)ccn2)CN1C1=NC=CCC1. The zero-order valence-electron chi connectivity index (χ0n) is 18.2. The Labute approximate surface area is 191 Å². The molecule has 5 rings (SSSR count). The molecular formula is C23H26N6O4. The van der Waals surface area contributed by atoms with Crippen LogP contribution in [0, 0.1) is 0 Å². The van der Waals surface area contributed by atoms with Crippen molar-refractivity contribution in [1.29, 1.82) is 0 Å². The Morgan fingerprint density at radius 1 is 1.21 bits per heavy atom. The molecule has 5 heterocycles. The van der Waals surface area contributed by atoms with E-state index in [-0.39, 0.29) is 18.3 Å². The van der Waals surface area contributed by atoms with Crippen LogP contribution in [0.2, 0.25) is 0 Å². The van der Waals surface area contributed by atoms with Gasteiger partial charge in [-0.05, 0) is 31.5 Å². The van der Waals surface area contributed by atoms with E-state index in [2.05, 4.69) is 25.3 Å². The molecule has 3 aliphatic rings. The number of amides is 1. The number of ether oxygens (including phenoxy) is 3. The molecule has 0 unspecified atom stereocenters. The number of aliphatic imine (C=N–C) groups is 1. The van der Waals surface area contributed by atoms with Crippen LogP contribution in [0.3, 0.4) is 0 Å². The number of carbonyl (C=O) groups excluding carboxylic acids is 1. The molecule has 1 N–H and O–H groups in total. The first-order valence-electron chi connectivity index (χ1n) is 11.2. The summed E-state index contributed by atoms with van der Waals surface area (Å²) in [6, 6.07) is 5.59. The van der Waals surface area contributed by atoms with Crippen LogP contribution in [0.5, 0.6) is 5.88 Å². The fraction of sp³-hybridized carbons (Fsp3) is 0.435. The van der Waals surface area contributed by atoms with Gasteiger partial charge in [0.15, 0.2) is 5.82 Å². The molecule has 0 saturated carbocycles. The fourth-order valence-electron chi connectivity index (χ4n) is 3.77. The average molecular weight is 450 g/mol. The first kappa shape index (κ1) is 21.5. The van der Waals surface area contributed by atoms with Crippen molar-refractivity contribution in [2.75, 3.05) is 26.3 Å². The van der Waals surface area contributed by atoms with Crippen molar-refractivity contribution in [2.24, 2.45) is 4.99 Å². The topological polar surface area (TPSA) is 111 Å². The molecular weight excluding hydrogens is 424 g/mol. The highest BCUT2D eigenvalue weighted by molar-refractivity contribution is 5.97. The molecule has 2 aromatic rings. The second-order valence-electron chi connectivity index (χ2n) is 8.08. The van der Waals surface area contributed by atoms with Crippen molar-refractivity contribution in [3.8, 4) is 17.3 Å². The van der Waals surface area contributed by atoms with E-state index in [1.165, 1.54) is 0 Å². The summed E-state index contributed by atoms with van der Waals surface area (Å²) in [6.45, 7) is 3.02. The van der Waals surface area contributed by atoms with Gasteiger partial charge in [0.25, 0.3) is 0 Å². The van der Waals surface area contributed by atoms with Crippen LogP contribution in [0.1, 0.15) is 25.0 Å². The molecule has 1 amide bonds. The summed E-state index contributed by atoms with van der Waals surface area (Å²) in [5, 5.41) is 3.38. The van der Waals surface area contributed by atoms with Crippen molar-refractivity contribution < 1.29 is 19.0 Å². The minimum Gasteiger partial charge on any atom is -0.469 e. The number of allylic oxidation sites excluding steroid dienone is 1. The molecule has 0 spiro atoms. The number of amidine groups is 1. The van der Waals surface area contributed by atoms with E-state index in [1.807, 2.05) is 18.2 Å². The molecule has 172 valence electrons. The van der Waals surface area contributed by atoms with Gasteiger partial charge >= 0.3 is 6.09 Å². The molecule has 0 radical (unpaired) electrons. The summed E-state index contributed by atoms with van der Waals surface area (Å²) in [6.07, 6.45) is 9.19. The summed E-state index contributed by atoms with van der Waals surface area (Å²) in [5.41, 5.74) is 1.75. The summed E-state index contributed by atoms with van der Waals surface area (Å²) in [7, 11) is 0. The maximum Gasteiger partial charge on any atom is 0.415 e. The molecule has 0 bridgehead atoms. The normalized spacial score (nSPS) is 20.4. The van der Waals surface area contributed by atoms with Gasteiger partial charge in [-0.1, -0.05) is 6.08 Å². The summed E-state index contributed by atoms with van der Waals surface area (Å²) in [5.74, 6) is 1.92. The van der Waals surface area contributed by atoms with Gasteiger partial charge in [-0.2, -0.15) is 4.98 Å². The van der Waals surface area contributed by atoms with Crippen LogP contribution < -0.4 is 10.1 Å². The Balaban J connectivity index is 1.11. The Morgan fingerprint density at radius 3 is 2.94 bits per heavy atom. The van der Waals surface area contributed by atoms with E-state index in [1.54, 1.807) is 29.6 Å². The highest BCUT2D eigenvalue weighted by Gasteiger charge is 2.33. The monoisotopic (exact) mass is 450 g/mol. The van der Waals surface area contributed by atoms with Crippen molar-refractivity contribution in [3.05, 3.63) is 48.6 Å². The van der Waals surface area contributed by atoms with Crippen LogP contribution in [-0.4, -0.2) is 70.3 Å². The maximum atomic E-state index is 12.2. The highest BCUT2D eigenvalue weighted by atomic mass is 16.6. The molecule has 2 aromatic heterocycles. The van der Waals surface area contributed by atoms with Crippen molar-refractivity contribution in [1.82, 2.24) is 25.2 Å². The number of pyridine rings is 1. The molecule has 0 aliphatic carbocycles. The van der Waals surface area contributed by atoms with Crippen LogP contribution in [0.4, 0.5) is 4.79 Å². The standard InChI is InChI=1S/C23H26N6O4/c30-23-29(20-3-1-2-7-26-20)13-18(33-23)5-8-24-12-17-11-16(4-9-25-17)22-27-10-6-21(28-22)32-19-14-31-15-19/h2,4,6-7,9-11,18-19,24H,1,3,5,8,12-15H2/t18-/m1/s1. The Hall–Kier alpha value is -3.37. The highest BCUT2D eigenvalue weighted by Crippen LogP contribution is 2.20. The van der Waals surface area contributed by atoms with E-state index < -0.39 is 0 Å². The third-order valence-corrected chi connectivity index (χ3v) is 5.60. The van der Waals surface area contributed by atoms with E-state index in [9.17, 15) is 4.79 Å². The van der Waals surface area contributed by atoms with E-state index in [0.29, 0.717) is 44.6 Å². The van der Waals surface area contributed by atoms with Gasteiger partial charge in [-0.25, -0.2) is 14.8 Å². The van der Waals surface area contributed by atoms with E-state index in [0.717, 1.165) is 36.4 Å². The zero-order chi connectivity index (χ0) is 22.5. The molecule has 1 atom stereocenters. The molecule has 3 aliphatic heterocycles.